The van der Waals surface area contributed by atoms with E-state index in [9.17, 15) is 0 Å². The van der Waals surface area contributed by atoms with Crippen LogP contribution in [0.2, 0.25) is 0 Å². The van der Waals surface area contributed by atoms with Gasteiger partial charge in [0.2, 0.25) is 0 Å². The van der Waals surface area contributed by atoms with E-state index in [1.165, 1.54) is 0 Å². The van der Waals surface area contributed by atoms with E-state index in [1.807, 2.05) is 0 Å². The lowest BCUT2D eigenvalue weighted by Gasteiger charge is -1.98. The first kappa shape index (κ1) is 5.01. The summed E-state index contributed by atoms with van der Waals surface area (Å²) in [6, 6.07) is 0. The van der Waals surface area contributed by atoms with Crippen molar-refractivity contribution in [2.45, 2.75) is 0 Å². The zero-order valence-corrected chi connectivity index (χ0v) is 4.13. The molecule has 1 rings (SSSR count). The molecule has 0 atom stereocenters. The van der Waals surface area contributed by atoms with Gasteiger partial charge in [-0.15, -0.1) is 5.01 Å². The molecular formula is C2H7N6+. The second kappa shape index (κ2) is 1.42. The Bertz CT molecular complexity index is 138. The Morgan fingerprint density at radius 1 is 1.12 bits per heavy atom. The highest BCUT2D eigenvalue weighted by Crippen LogP contribution is 1.69. The molecule has 0 aromatic carbocycles. The third-order valence-electron chi connectivity index (χ3n) is 0.817. The van der Waals surface area contributed by atoms with Gasteiger partial charge in [0.1, 0.15) is 0 Å². The number of rotatable bonds is 0. The van der Waals surface area contributed by atoms with E-state index in [1.54, 1.807) is 0 Å². The van der Waals surface area contributed by atoms with E-state index >= 15 is 0 Å². The SMILES string of the molecule is NC1=NN=C(N)[NH+]1N. The van der Waals surface area contributed by atoms with E-state index in [2.05, 4.69) is 10.2 Å². The van der Waals surface area contributed by atoms with Crippen LogP contribution < -0.4 is 22.3 Å². The summed E-state index contributed by atoms with van der Waals surface area (Å²) >= 11 is 0. The van der Waals surface area contributed by atoms with Crippen LogP contribution in [-0.4, -0.2) is 11.9 Å². The Morgan fingerprint density at radius 2 is 1.50 bits per heavy atom. The maximum Gasteiger partial charge on any atom is 0.344 e. The maximum atomic E-state index is 5.23. The monoisotopic (exact) mass is 115 g/mol. The van der Waals surface area contributed by atoms with Crippen molar-refractivity contribution in [1.82, 2.24) is 0 Å². The van der Waals surface area contributed by atoms with Gasteiger partial charge in [0.25, 0.3) is 0 Å². The molecule has 0 saturated heterocycles. The van der Waals surface area contributed by atoms with E-state index < -0.39 is 0 Å². The highest BCUT2D eigenvalue weighted by atomic mass is 15.6. The van der Waals surface area contributed by atoms with Gasteiger partial charge < -0.3 is 11.5 Å². The molecule has 6 heteroatoms. The number of hydrogen-bond donors (Lipinski definition) is 4. The fourth-order valence-corrected chi connectivity index (χ4v) is 0.347. The minimum absolute atomic E-state index is 0.197. The summed E-state index contributed by atoms with van der Waals surface area (Å²) in [4.78, 5) is 0. The Morgan fingerprint density at radius 3 is 1.62 bits per heavy atom. The van der Waals surface area contributed by atoms with Crippen molar-refractivity contribution >= 4 is 11.9 Å². The zero-order valence-electron chi connectivity index (χ0n) is 4.13. The van der Waals surface area contributed by atoms with Crippen LogP contribution in [0.25, 0.3) is 0 Å². The molecule has 0 unspecified atom stereocenters. The second-order valence-electron chi connectivity index (χ2n) is 1.38. The van der Waals surface area contributed by atoms with Crippen LogP contribution in [0.3, 0.4) is 0 Å². The van der Waals surface area contributed by atoms with Gasteiger partial charge in [-0.3, -0.25) is 0 Å². The van der Waals surface area contributed by atoms with Crippen LogP contribution in [-0.2, 0) is 0 Å². The minimum atomic E-state index is 0.197. The number of quaternary nitrogens is 1. The van der Waals surface area contributed by atoms with E-state index in [-0.39, 0.29) is 16.9 Å². The van der Waals surface area contributed by atoms with Crippen LogP contribution >= 0.6 is 0 Å². The summed E-state index contributed by atoms with van der Waals surface area (Å²) in [6.07, 6.45) is 0. The number of hydrogen-bond acceptors (Lipinski definition) is 5. The van der Waals surface area contributed by atoms with Crippen molar-refractivity contribution in [2.24, 2.45) is 27.5 Å². The molecule has 0 amide bonds. The molecule has 0 fully saturated rings. The molecule has 8 heavy (non-hydrogen) atoms. The van der Waals surface area contributed by atoms with Crippen molar-refractivity contribution in [1.29, 1.82) is 0 Å². The van der Waals surface area contributed by atoms with Gasteiger partial charge in [-0.2, -0.15) is 5.84 Å². The first-order chi connectivity index (χ1) is 3.72. The molecule has 0 aromatic heterocycles. The predicted molar refractivity (Wildman–Crippen MR) is 28.4 cm³/mol. The van der Waals surface area contributed by atoms with E-state index in [0.29, 0.717) is 0 Å². The molecule has 0 radical (unpaired) electrons. The van der Waals surface area contributed by atoms with Crippen molar-refractivity contribution in [2.75, 3.05) is 0 Å². The smallest absolute Gasteiger partial charge is 0.334 e. The molecule has 1 aliphatic rings. The van der Waals surface area contributed by atoms with Gasteiger partial charge in [0.15, 0.2) is 0 Å². The van der Waals surface area contributed by atoms with Crippen LogP contribution in [0, 0.1) is 0 Å². The van der Waals surface area contributed by atoms with Gasteiger partial charge >= 0.3 is 11.9 Å². The highest BCUT2D eigenvalue weighted by Gasteiger charge is 2.19. The number of guanidine groups is 2. The molecular weight excluding hydrogens is 108 g/mol. The highest BCUT2D eigenvalue weighted by molar-refractivity contribution is 5.85. The summed E-state index contributed by atoms with van der Waals surface area (Å²) in [5.41, 5.74) is 10.3. The normalized spacial score (nSPS) is 20.6. The lowest BCUT2D eigenvalue weighted by molar-refractivity contribution is -0.715. The lowest BCUT2D eigenvalue weighted by Crippen LogP contribution is -3.24. The predicted octanol–water partition coefficient (Wildman–Crippen LogP) is -3.70. The third kappa shape index (κ3) is 0.515. The van der Waals surface area contributed by atoms with Crippen LogP contribution in [0.1, 0.15) is 0 Å². The molecule has 0 saturated carbocycles. The molecule has 0 spiro atoms. The number of nitrogens with two attached hydrogens (primary N) is 3. The zero-order chi connectivity index (χ0) is 6.15. The second-order valence-corrected chi connectivity index (χ2v) is 1.38. The topological polar surface area (TPSA) is 107 Å². The first-order valence-corrected chi connectivity index (χ1v) is 2.01. The fourth-order valence-electron chi connectivity index (χ4n) is 0.347. The van der Waals surface area contributed by atoms with Crippen molar-refractivity contribution < 1.29 is 5.01 Å². The number of nitrogens with one attached hydrogen (secondary N) is 1. The fraction of sp³-hybridized carbons (Fsp3) is 0. The van der Waals surface area contributed by atoms with E-state index in [0.717, 1.165) is 0 Å². The molecule has 6 nitrogen and oxygen atoms in total. The summed E-state index contributed by atoms with van der Waals surface area (Å²) in [6.45, 7) is 0. The van der Waals surface area contributed by atoms with Crippen LogP contribution in [0.15, 0.2) is 10.2 Å². The molecule has 1 aliphatic heterocycles. The average molecular weight is 115 g/mol. The first-order valence-electron chi connectivity index (χ1n) is 2.01. The summed E-state index contributed by atoms with van der Waals surface area (Å²) in [5.74, 6) is 5.62. The number of nitrogens with zero attached hydrogens (tertiary/aromatic N) is 2. The van der Waals surface area contributed by atoms with Gasteiger partial charge in [-0.05, 0) is 0 Å². The van der Waals surface area contributed by atoms with Gasteiger partial charge in [-0.1, -0.05) is 10.2 Å². The lowest BCUT2D eigenvalue weighted by atomic mass is 10.9. The summed E-state index contributed by atoms with van der Waals surface area (Å²) in [5, 5.41) is 7.06. The minimum Gasteiger partial charge on any atom is -0.334 e. The van der Waals surface area contributed by atoms with Gasteiger partial charge in [-0.25, -0.2) is 0 Å². The van der Waals surface area contributed by atoms with Crippen LogP contribution in [0.5, 0.6) is 0 Å². The average Bonchev–Trinajstić information content (AvgIpc) is 1.98. The van der Waals surface area contributed by atoms with Crippen molar-refractivity contribution in [3.8, 4) is 0 Å². The Balaban J connectivity index is 2.75. The maximum absolute atomic E-state index is 5.23. The quantitative estimate of drug-likeness (QED) is 0.244. The molecule has 7 N–H and O–H groups in total. The molecule has 0 bridgehead atoms. The summed E-state index contributed by atoms with van der Waals surface area (Å²) < 4.78 is 0. The van der Waals surface area contributed by atoms with Crippen molar-refractivity contribution in [3.63, 3.8) is 0 Å². The molecule has 1 heterocycles. The largest absolute Gasteiger partial charge is 0.344 e. The Labute approximate surface area is 45.6 Å². The third-order valence-corrected chi connectivity index (χ3v) is 0.817. The van der Waals surface area contributed by atoms with E-state index in [4.69, 9.17) is 17.3 Å². The van der Waals surface area contributed by atoms with Gasteiger partial charge in [0.05, 0.1) is 0 Å². The van der Waals surface area contributed by atoms with Crippen LogP contribution in [0.4, 0.5) is 0 Å². The van der Waals surface area contributed by atoms with Crippen molar-refractivity contribution in [3.05, 3.63) is 0 Å². The molecule has 44 valence electrons. The standard InChI is InChI=1S/C2H6N6/c3-1-6-7-2(4)8(1)5/h5H2,(H2,3,6)(H2,4,7)/p+1. The Hall–Kier alpha value is -1.14. The Kier molecular flexibility index (Phi) is 0.891. The molecule has 0 aromatic rings. The molecule has 0 aliphatic carbocycles. The van der Waals surface area contributed by atoms with Gasteiger partial charge in [0, 0.05) is 0 Å². The summed E-state index contributed by atoms with van der Waals surface area (Å²) in [7, 11) is 0.